The molecule has 450 valence electrons. The fourth-order valence-electron chi connectivity index (χ4n) is 15.0. The van der Waals surface area contributed by atoms with Crippen molar-refractivity contribution in [3.05, 3.63) is 332 Å². The van der Waals surface area contributed by atoms with Crippen molar-refractivity contribution in [3.8, 4) is 101 Å². The molecule has 0 fully saturated rings. The number of rotatable bonds is 10. The van der Waals surface area contributed by atoms with Crippen molar-refractivity contribution >= 4 is 79.2 Å². The van der Waals surface area contributed by atoms with Crippen LogP contribution >= 0.6 is 0 Å². The van der Waals surface area contributed by atoms with Crippen LogP contribution in [0.15, 0.2) is 320 Å². The van der Waals surface area contributed by atoms with Gasteiger partial charge in [-0.3, -0.25) is 0 Å². The molecule has 0 amide bonds. The molecular weight excluding hydrogens is 1160 g/mol. The van der Waals surface area contributed by atoms with Crippen LogP contribution in [0, 0.1) is 22.7 Å². The van der Waals surface area contributed by atoms with Crippen LogP contribution in [0.4, 0.5) is 34.1 Å². The molecule has 6 heteroatoms. The lowest BCUT2D eigenvalue weighted by Gasteiger charge is -2.46. The van der Waals surface area contributed by atoms with Crippen LogP contribution < -0.4 is 26.2 Å². The Morgan fingerprint density at radius 2 is 0.698 bits per heavy atom. The first-order valence-electron chi connectivity index (χ1n) is 32.8. The zero-order chi connectivity index (χ0) is 64.6. The largest absolute Gasteiger partial charge is 0.455 e. The molecule has 0 aliphatic carbocycles. The number of nitriles is 2. The van der Waals surface area contributed by atoms with E-state index in [9.17, 15) is 10.5 Å². The summed E-state index contributed by atoms with van der Waals surface area (Å²) in [5.41, 5.74) is 29.5. The molecule has 0 unspecified atom stereocenters. The lowest BCUT2D eigenvalue weighted by molar-refractivity contribution is 0.590. The number of anilines is 6. The van der Waals surface area contributed by atoms with Crippen molar-refractivity contribution in [2.24, 2.45) is 0 Å². The molecule has 0 radical (unpaired) electrons. The smallest absolute Gasteiger partial charge is 0.252 e. The third kappa shape index (κ3) is 9.61. The van der Waals surface area contributed by atoms with Gasteiger partial charge in [-0.25, -0.2) is 0 Å². The summed E-state index contributed by atoms with van der Waals surface area (Å²) in [7, 11) is 0. The highest BCUT2D eigenvalue weighted by Crippen LogP contribution is 2.56. The molecule has 0 atom stereocenters. The zero-order valence-corrected chi connectivity index (χ0v) is 53.3. The van der Waals surface area contributed by atoms with Crippen LogP contribution in [-0.2, 0) is 5.41 Å². The summed E-state index contributed by atoms with van der Waals surface area (Å²) in [6.07, 6.45) is 0. The molecule has 15 aromatic rings. The van der Waals surface area contributed by atoms with Crippen LogP contribution in [0.1, 0.15) is 37.5 Å². The average Bonchev–Trinajstić information content (AvgIpc) is 0.795. The van der Waals surface area contributed by atoms with Gasteiger partial charge in [0.25, 0.3) is 6.71 Å². The molecule has 0 saturated carbocycles. The number of nitrogens with zero attached hydrogens (tertiary/aromatic N) is 4. The van der Waals surface area contributed by atoms with Gasteiger partial charge >= 0.3 is 0 Å². The quantitative estimate of drug-likeness (QED) is 0.128. The summed E-state index contributed by atoms with van der Waals surface area (Å²) in [5, 5.41) is 23.8. The SMILES string of the molecule is CC(C)(C)c1cc2c3c(c1)N(c1c(-c4ccccc4)cc(-c4ccccc4C#N)cc1-c1ccccc1)c1ccc(-c4cccc5c4oc4ccccc45)cc1B3c1cc(-c3ccccc3)ccc1N2c1c(-c2ccccc2)cc(-c2ccccc2C#N)cc1-c1ccccc1. The highest BCUT2D eigenvalue weighted by atomic mass is 16.3. The maximum Gasteiger partial charge on any atom is 0.252 e. The minimum Gasteiger partial charge on any atom is -0.455 e. The Hall–Kier alpha value is -12.5. The molecule has 2 aliphatic rings. The van der Waals surface area contributed by atoms with Crippen molar-refractivity contribution in [2.75, 3.05) is 9.80 Å². The predicted octanol–water partition coefficient (Wildman–Crippen LogP) is 22.0. The van der Waals surface area contributed by atoms with Gasteiger partial charge in [-0.1, -0.05) is 269 Å². The van der Waals surface area contributed by atoms with Crippen molar-refractivity contribution in [1.29, 1.82) is 10.5 Å². The molecule has 1 aromatic heterocycles. The van der Waals surface area contributed by atoms with Crippen LogP contribution in [0.3, 0.4) is 0 Å². The lowest BCUT2D eigenvalue weighted by Crippen LogP contribution is -2.61. The molecule has 3 heterocycles. The Balaban J connectivity index is 1.06. The minimum atomic E-state index is -0.365. The summed E-state index contributed by atoms with van der Waals surface area (Å²) in [5.74, 6) is 0. The van der Waals surface area contributed by atoms with E-state index in [1.165, 1.54) is 0 Å². The summed E-state index contributed by atoms with van der Waals surface area (Å²) in [4.78, 5) is 5.19. The summed E-state index contributed by atoms with van der Waals surface area (Å²) in [6.45, 7) is 6.66. The number of fused-ring (bicyclic) bond motifs is 7. The Kier molecular flexibility index (Phi) is 13.9. The van der Waals surface area contributed by atoms with Crippen LogP contribution in [0.25, 0.3) is 111 Å². The molecule has 14 aromatic carbocycles. The number of hydrogen-bond donors (Lipinski definition) is 0. The van der Waals surface area contributed by atoms with Gasteiger partial charge < -0.3 is 14.2 Å². The highest BCUT2D eigenvalue weighted by Gasteiger charge is 2.46. The third-order valence-electron chi connectivity index (χ3n) is 19.5. The zero-order valence-electron chi connectivity index (χ0n) is 53.3. The van der Waals surface area contributed by atoms with Gasteiger partial charge in [0.05, 0.1) is 34.6 Å². The summed E-state index contributed by atoms with van der Waals surface area (Å²) < 4.78 is 6.93. The predicted molar refractivity (Wildman–Crippen MR) is 399 cm³/mol. The molecule has 2 aliphatic heterocycles. The first-order chi connectivity index (χ1) is 47.2. The van der Waals surface area contributed by atoms with E-state index >= 15 is 0 Å². The van der Waals surface area contributed by atoms with Crippen LogP contribution in [0.2, 0.25) is 0 Å². The Bertz CT molecular complexity index is 5530. The van der Waals surface area contributed by atoms with Gasteiger partial charge in [-0.2, -0.15) is 10.5 Å². The number of furan rings is 1. The highest BCUT2D eigenvalue weighted by molar-refractivity contribution is 7.00. The second kappa shape index (κ2) is 23.3. The molecule has 0 saturated heterocycles. The number of hydrogen-bond acceptors (Lipinski definition) is 5. The minimum absolute atomic E-state index is 0.329. The average molecular weight is 1230 g/mol. The third-order valence-corrected chi connectivity index (χ3v) is 19.5. The van der Waals surface area contributed by atoms with Crippen molar-refractivity contribution in [2.45, 2.75) is 26.2 Å². The molecule has 96 heavy (non-hydrogen) atoms. The van der Waals surface area contributed by atoms with Gasteiger partial charge in [0.2, 0.25) is 0 Å². The summed E-state index contributed by atoms with van der Waals surface area (Å²) in [6, 6.07) is 118. The maximum absolute atomic E-state index is 10.8. The van der Waals surface area contributed by atoms with E-state index in [2.05, 4.69) is 316 Å². The molecule has 17 rings (SSSR count). The van der Waals surface area contributed by atoms with Gasteiger partial charge in [0.1, 0.15) is 11.2 Å². The van der Waals surface area contributed by atoms with Gasteiger partial charge in [-0.05, 0) is 155 Å². The number of benzene rings is 14. The fourth-order valence-corrected chi connectivity index (χ4v) is 15.0. The van der Waals surface area contributed by atoms with E-state index in [1.807, 2.05) is 42.5 Å². The number of para-hydroxylation sites is 2. The maximum atomic E-state index is 10.8. The first-order valence-corrected chi connectivity index (χ1v) is 32.8. The second-order valence-corrected chi connectivity index (χ2v) is 26.1. The topological polar surface area (TPSA) is 67.2 Å². The molecular formula is C90H61BN4O. The van der Waals surface area contributed by atoms with E-state index in [1.54, 1.807) is 0 Å². The fraction of sp³-hybridized carbons (Fsp3) is 0.0444. The first kappa shape index (κ1) is 57.4. The van der Waals surface area contributed by atoms with Crippen molar-refractivity contribution in [1.82, 2.24) is 0 Å². The van der Waals surface area contributed by atoms with E-state index in [4.69, 9.17) is 4.42 Å². The van der Waals surface area contributed by atoms with Gasteiger partial charge in [0.15, 0.2) is 0 Å². The van der Waals surface area contributed by atoms with Crippen molar-refractivity contribution in [3.63, 3.8) is 0 Å². The van der Waals surface area contributed by atoms with Gasteiger partial charge in [-0.15, -0.1) is 0 Å². The molecule has 0 bridgehead atoms. The molecule has 0 spiro atoms. The summed E-state index contributed by atoms with van der Waals surface area (Å²) >= 11 is 0. The Labute approximate surface area is 560 Å². The van der Waals surface area contributed by atoms with Crippen molar-refractivity contribution < 1.29 is 4.42 Å². The molecule has 0 N–H and O–H groups in total. The van der Waals surface area contributed by atoms with E-state index < -0.39 is 0 Å². The standard InChI is InChI=1S/C90H61BN4O/c1-90(2,3)69-54-83-86-84(55-69)95(88-77(61-32-15-7-16-33-61)50-68(71-39-22-20-37-66(71)57-93)51-78(88)62-34-17-8-18-35-62)82-47-45-64(72-41-25-42-74-73-40-23-24-43-85(73)96-89(72)74)53-80(82)91(86)79-52-63(58-26-9-4-10-27-58)44-46-81(79)94(83)87-75(59-28-11-5-12-29-59)48-67(70-38-21-19-36-65(70)56-92)49-76(87)60-30-13-6-14-31-60/h4-55H,1-3H3. The molecule has 5 nitrogen and oxygen atoms in total. The Morgan fingerprint density at radius 1 is 0.312 bits per heavy atom. The lowest BCUT2D eigenvalue weighted by atomic mass is 9.33. The van der Waals surface area contributed by atoms with E-state index in [0.29, 0.717) is 11.1 Å². The van der Waals surface area contributed by atoms with Crippen LogP contribution in [-0.4, -0.2) is 6.71 Å². The normalized spacial score (nSPS) is 12.2. The monoisotopic (exact) mass is 1220 g/mol. The van der Waals surface area contributed by atoms with Crippen LogP contribution in [0.5, 0.6) is 0 Å². The Morgan fingerprint density at radius 3 is 1.16 bits per heavy atom. The van der Waals surface area contributed by atoms with E-state index in [-0.39, 0.29) is 12.1 Å². The second-order valence-electron chi connectivity index (χ2n) is 26.1. The van der Waals surface area contributed by atoms with E-state index in [0.717, 1.165) is 167 Å². The van der Waals surface area contributed by atoms with Gasteiger partial charge in [0, 0.05) is 61.3 Å².